The number of carbonyl (C=O) groups excluding carboxylic acids is 1. The number of nitrogens with two attached hydrogens (primary N) is 1. The Bertz CT molecular complexity index is 1010. The number of carboxylic acids is 1. The fourth-order valence-electron chi connectivity index (χ4n) is 2.13. The number of aromatic amines is 1. The summed E-state index contributed by atoms with van der Waals surface area (Å²) in [7, 11) is 0. The second-order valence-corrected chi connectivity index (χ2v) is 6.20. The van der Waals surface area contributed by atoms with Gasteiger partial charge in [-0.1, -0.05) is 11.6 Å². The molecule has 0 aliphatic heterocycles. The number of hydrogen-bond donors (Lipinski definition) is 3. The van der Waals surface area contributed by atoms with Crippen LogP contribution >= 0.6 is 35.3 Å². The summed E-state index contributed by atoms with van der Waals surface area (Å²) in [6.45, 7) is 0. The van der Waals surface area contributed by atoms with Crippen LogP contribution in [0.3, 0.4) is 0 Å². The van der Waals surface area contributed by atoms with Crippen LogP contribution in [0.4, 0.5) is 5.69 Å². The summed E-state index contributed by atoms with van der Waals surface area (Å²) in [5, 5.41) is 9.84. The van der Waals surface area contributed by atoms with Gasteiger partial charge in [0.15, 0.2) is 0 Å². The first-order chi connectivity index (χ1) is 10.9. The molecule has 0 fully saturated rings. The number of anilines is 1. The molecular formula is C15H10Cl2N2O4S. The van der Waals surface area contributed by atoms with Gasteiger partial charge in [0, 0.05) is 16.0 Å². The Kier molecular flexibility index (Phi) is 4.98. The number of thiophene rings is 1. The van der Waals surface area contributed by atoms with Gasteiger partial charge >= 0.3 is 5.97 Å². The zero-order valence-corrected chi connectivity index (χ0v) is 14.2. The molecule has 0 spiro atoms. The third-order valence-electron chi connectivity index (χ3n) is 3.29. The van der Waals surface area contributed by atoms with Gasteiger partial charge < -0.3 is 15.8 Å². The van der Waals surface area contributed by atoms with Crippen molar-refractivity contribution in [2.45, 2.75) is 0 Å². The van der Waals surface area contributed by atoms with Crippen LogP contribution in [-0.4, -0.2) is 21.8 Å². The Morgan fingerprint density at radius 1 is 1.21 bits per heavy atom. The standard InChI is InChI=1S/C15H9ClN2O4S.ClH/c16-7-3-1-6(2-4-7)11(19)12-10(17)8-5-9(15(21)22)13(20)18-14(8)23-12;/h1-5H,17H2,(H,18,20)(H,21,22);1H. The SMILES string of the molecule is Cl.Nc1c(C(=O)c2ccc(Cl)cc2)sc2[nH]c(=O)c(C(=O)O)cc12. The van der Waals surface area contributed by atoms with Crippen molar-refractivity contribution < 1.29 is 14.7 Å². The number of carboxylic acid groups (broad SMARTS) is 1. The summed E-state index contributed by atoms with van der Waals surface area (Å²) in [5.41, 5.74) is 5.35. The van der Waals surface area contributed by atoms with Crippen LogP contribution in [0, 0.1) is 0 Å². The number of rotatable bonds is 3. The maximum atomic E-state index is 12.5. The van der Waals surface area contributed by atoms with E-state index in [0.29, 0.717) is 20.8 Å². The highest BCUT2D eigenvalue weighted by Crippen LogP contribution is 2.33. The van der Waals surface area contributed by atoms with E-state index in [9.17, 15) is 14.4 Å². The van der Waals surface area contributed by atoms with Gasteiger partial charge in [-0.15, -0.1) is 23.7 Å². The van der Waals surface area contributed by atoms with Gasteiger partial charge in [0.1, 0.15) is 15.3 Å². The van der Waals surface area contributed by atoms with Crippen LogP contribution in [0.25, 0.3) is 10.2 Å². The number of aromatic carboxylic acids is 1. The Labute approximate surface area is 150 Å². The molecule has 24 heavy (non-hydrogen) atoms. The molecule has 0 bridgehead atoms. The predicted molar refractivity (Wildman–Crippen MR) is 95.9 cm³/mol. The molecule has 2 aromatic heterocycles. The van der Waals surface area contributed by atoms with Crippen molar-refractivity contribution in [1.29, 1.82) is 0 Å². The fraction of sp³-hybridized carbons (Fsp3) is 0. The molecule has 0 aliphatic carbocycles. The van der Waals surface area contributed by atoms with Gasteiger partial charge in [-0.05, 0) is 30.3 Å². The second kappa shape index (κ2) is 6.64. The topological polar surface area (TPSA) is 113 Å². The summed E-state index contributed by atoms with van der Waals surface area (Å²) >= 11 is 6.80. The number of halogens is 2. The average Bonchev–Trinajstić information content (AvgIpc) is 2.82. The summed E-state index contributed by atoms with van der Waals surface area (Å²) in [5.74, 6) is -1.68. The molecule has 0 radical (unpaired) electrons. The Morgan fingerprint density at radius 3 is 2.42 bits per heavy atom. The fourth-order valence-corrected chi connectivity index (χ4v) is 3.32. The van der Waals surface area contributed by atoms with Crippen LogP contribution in [-0.2, 0) is 0 Å². The number of nitrogens with one attached hydrogen (secondary N) is 1. The van der Waals surface area contributed by atoms with Crippen molar-refractivity contribution in [3.8, 4) is 0 Å². The second-order valence-electron chi connectivity index (χ2n) is 4.74. The van der Waals surface area contributed by atoms with Crippen molar-refractivity contribution in [1.82, 2.24) is 4.98 Å². The maximum absolute atomic E-state index is 12.5. The van der Waals surface area contributed by atoms with Crippen LogP contribution in [0.5, 0.6) is 0 Å². The summed E-state index contributed by atoms with van der Waals surface area (Å²) in [6.07, 6.45) is 0. The van der Waals surface area contributed by atoms with Crippen molar-refractivity contribution in [3.63, 3.8) is 0 Å². The minimum absolute atomic E-state index is 0. The molecule has 4 N–H and O–H groups in total. The molecule has 0 amide bonds. The molecule has 0 atom stereocenters. The highest BCUT2D eigenvalue weighted by molar-refractivity contribution is 7.21. The smallest absolute Gasteiger partial charge is 0.341 e. The normalized spacial score (nSPS) is 10.4. The first-order valence-corrected chi connectivity index (χ1v) is 7.57. The minimum atomic E-state index is -1.36. The lowest BCUT2D eigenvalue weighted by Crippen LogP contribution is -2.16. The van der Waals surface area contributed by atoms with E-state index in [1.54, 1.807) is 24.3 Å². The number of aromatic nitrogens is 1. The highest BCUT2D eigenvalue weighted by Gasteiger charge is 2.20. The Hall–Kier alpha value is -2.35. The number of ketones is 1. The van der Waals surface area contributed by atoms with Gasteiger partial charge in [0.2, 0.25) is 5.78 Å². The first-order valence-electron chi connectivity index (χ1n) is 6.37. The minimum Gasteiger partial charge on any atom is -0.477 e. The van der Waals surface area contributed by atoms with Crippen LogP contribution in [0.15, 0.2) is 35.1 Å². The van der Waals surface area contributed by atoms with Crippen molar-refractivity contribution in [2.24, 2.45) is 0 Å². The number of pyridine rings is 1. The van der Waals surface area contributed by atoms with Crippen LogP contribution in [0.1, 0.15) is 25.6 Å². The lowest BCUT2D eigenvalue weighted by Gasteiger charge is -2.00. The summed E-state index contributed by atoms with van der Waals surface area (Å²) in [4.78, 5) is 38.3. The molecule has 6 nitrogen and oxygen atoms in total. The first kappa shape index (κ1) is 18.0. The van der Waals surface area contributed by atoms with Gasteiger partial charge in [0.25, 0.3) is 5.56 Å². The van der Waals surface area contributed by atoms with Crippen LogP contribution < -0.4 is 11.3 Å². The molecule has 3 aromatic rings. The average molecular weight is 385 g/mol. The Morgan fingerprint density at radius 2 is 1.83 bits per heavy atom. The molecule has 1 aromatic carbocycles. The molecule has 0 saturated carbocycles. The molecule has 0 saturated heterocycles. The van der Waals surface area contributed by atoms with E-state index in [1.165, 1.54) is 6.07 Å². The van der Waals surface area contributed by atoms with E-state index in [4.69, 9.17) is 22.4 Å². The van der Waals surface area contributed by atoms with E-state index >= 15 is 0 Å². The van der Waals surface area contributed by atoms with E-state index in [-0.39, 0.29) is 28.8 Å². The van der Waals surface area contributed by atoms with Crippen LogP contribution in [0.2, 0.25) is 5.02 Å². The number of fused-ring (bicyclic) bond motifs is 1. The summed E-state index contributed by atoms with van der Waals surface area (Å²) < 4.78 is 0. The Balaban J connectivity index is 0.00000208. The zero-order valence-electron chi connectivity index (χ0n) is 11.8. The van der Waals surface area contributed by atoms with Gasteiger partial charge in [-0.25, -0.2) is 4.79 Å². The quantitative estimate of drug-likeness (QED) is 0.600. The van der Waals surface area contributed by atoms with Gasteiger partial charge in [-0.2, -0.15) is 0 Å². The van der Waals surface area contributed by atoms with E-state index in [2.05, 4.69) is 4.98 Å². The predicted octanol–water partition coefficient (Wildman–Crippen LogP) is 3.18. The van der Waals surface area contributed by atoms with E-state index in [1.807, 2.05) is 0 Å². The monoisotopic (exact) mass is 384 g/mol. The number of H-pyrrole nitrogens is 1. The van der Waals surface area contributed by atoms with Crippen molar-refractivity contribution >= 4 is 63.0 Å². The third kappa shape index (κ3) is 3.01. The molecule has 124 valence electrons. The zero-order chi connectivity index (χ0) is 16.7. The van der Waals surface area contributed by atoms with Gasteiger partial charge in [0.05, 0.1) is 5.69 Å². The molecule has 2 heterocycles. The molecule has 0 unspecified atom stereocenters. The molecule has 3 rings (SSSR count). The number of benzene rings is 1. The highest BCUT2D eigenvalue weighted by atomic mass is 35.5. The number of nitrogen functional groups attached to an aromatic ring is 1. The van der Waals surface area contributed by atoms with Gasteiger partial charge in [-0.3, -0.25) is 9.59 Å². The van der Waals surface area contributed by atoms with E-state index in [0.717, 1.165) is 11.3 Å². The third-order valence-corrected chi connectivity index (χ3v) is 4.67. The lowest BCUT2D eigenvalue weighted by molar-refractivity contribution is 0.0695. The van der Waals surface area contributed by atoms with E-state index < -0.39 is 17.1 Å². The largest absolute Gasteiger partial charge is 0.477 e. The van der Waals surface area contributed by atoms with Crippen molar-refractivity contribution in [2.75, 3.05) is 5.73 Å². The maximum Gasteiger partial charge on any atom is 0.341 e. The number of hydrogen-bond acceptors (Lipinski definition) is 5. The number of carbonyl (C=O) groups is 2. The molecule has 9 heteroatoms. The lowest BCUT2D eigenvalue weighted by atomic mass is 10.1. The molecular weight excluding hydrogens is 375 g/mol. The molecule has 0 aliphatic rings. The van der Waals surface area contributed by atoms with Crippen molar-refractivity contribution in [3.05, 3.63) is 61.7 Å². The summed E-state index contributed by atoms with van der Waals surface area (Å²) in [6, 6.07) is 7.49.